The topological polar surface area (TPSA) is 78.9 Å². The van der Waals surface area contributed by atoms with E-state index in [4.69, 9.17) is 5.26 Å². The number of carbonyl (C=O) groups is 1. The molecule has 0 bridgehead atoms. The predicted octanol–water partition coefficient (Wildman–Crippen LogP) is 4.20. The zero-order valence-electron chi connectivity index (χ0n) is 18.8. The summed E-state index contributed by atoms with van der Waals surface area (Å²) >= 11 is 0. The highest BCUT2D eigenvalue weighted by molar-refractivity contribution is 5.82. The lowest BCUT2D eigenvalue weighted by Crippen LogP contribution is -2.50. The molecule has 6 rings (SSSR count). The lowest BCUT2D eigenvalue weighted by molar-refractivity contribution is -0.131. The van der Waals surface area contributed by atoms with Gasteiger partial charge in [0, 0.05) is 12.1 Å². The Balaban J connectivity index is 1.19. The molecule has 5 heteroatoms. The Bertz CT molecular complexity index is 949. The highest BCUT2D eigenvalue weighted by atomic mass is 16.3. The standard InChI is InChI=1S/C26H35N3O2/c1-15-24-20-4-3-19-17(18(20)8-10-26(15,24)31)7-9-25(2)21(19)5-6-22(25)23(30)14-29-13-16(11-27)12-28-29/h12-13,15,17-22,24,31H,3-10,14H2,1-2H3/t15?,17-,18-,19-,20+,21+,22-,24?,25+,26+/m1/s1. The molecule has 5 aliphatic rings. The molecule has 5 nitrogen and oxygen atoms in total. The van der Waals surface area contributed by atoms with Crippen LogP contribution in [0.4, 0.5) is 0 Å². The maximum atomic E-state index is 13.3. The van der Waals surface area contributed by atoms with Crippen LogP contribution in [0.25, 0.3) is 0 Å². The summed E-state index contributed by atoms with van der Waals surface area (Å²) < 4.78 is 1.65. The van der Waals surface area contributed by atoms with Crippen LogP contribution < -0.4 is 0 Å². The Kier molecular flexibility index (Phi) is 4.30. The van der Waals surface area contributed by atoms with Gasteiger partial charge in [-0.1, -0.05) is 13.8 Å². The third-order valence-corrected chi connectivity index (χ3v) is 11.0. The van der Waals surface area contributed by atoms with E-state index < -0.39 is 0 Å². The molecule has 5 saturated carbocycles. The van der Waals surface area contributed by atoms with Crippen molar-refractivity contribution in [2.45, 2.75) is 77.4 Å². The predicted molar refractivity (Wildman–Crippen MR) is 116 cm³/mol. The number of fused-ring (bicyclic) bond motifs is 7. The van der Waals surface area contributed by atoms with Crippen LogP contribution in [0, 0.1) is 64.1 Å². The first-order valence-electron chi connectivity index (χ1n) is 12.5. The van der Waals surface area contributed by atoms with Crippen molar-refractivity contribution in [3.05, 3.63) is 18.0 Å². The number of nitrogens with zero attached hydrogens (tertiary/aromatic N) is 3. The fourth-order valence-corrected chi connectivity index (χ4v) is 9.54. The van der Waals surface area contributed by atoms with Crippen molar-refractivity contribution in [2.24, 2.45) is 52.8 Å². The van der Waals surface area contributed by atoms with Gasteiger partial charge >= 0.3 is 0 Å². The quantitative estimate of drug-likeness (QED) is 0.793. The molecule has 0 amide bonds. The SMILES string of the molecule is CC1C2[C@H]3CC[C@@H]4[C@H](CC[C@]5(C)[C@@H](C(=O)Cn6cc(C#N)cn6)CC[C@@H]45)[C@H]3CC[C@]12O. The van der Waals surface area contributed by atoms with E-state index in [9.17, 15) is 9.90 Å². The van der Waals surface area contributed by atoms with E-state index in [0.717, 1.165) is 36.5 Å². The first-order valence-corrected chi connectivity index (χ1v) is 12.5. The molecule has 1 aromatic rings. The Labute approximate surface area is 185 Å². The molecule has 0 saturated heterocycles. The monoisotopic (exact) mass is 421 g/mol. The summed E-state index contributed by atoms with van der Waals surface area (Å²) in [6.45, 7) is 4.97. The molecular weight excluding hydrogens is 386 g/mol. The molecule has 2 unspecified atom stereocenters. The summed E-state index contributed by atoms with van der Waals surface area (Å²) in [5.41, 5.74) is 0.309. The molecular formula is C26H35N3O2. The number of aliphatic hydroxyl groups is 1. The summed E-state index contributed by atoms with van der Waals surface area (Å²) in [4.78, 5) is 13.3. The molecule has 5 fully saturated rings. The van der Waals surface area contributed by atoms with E-state index in [1.807, 2.05) is 0 Å². The smallest absolute Gasteiger partial charge is 0.157 e. The number of aromatic nitrogens is 2. The minimum atomic E-state index is -0.333. The number of rotatable bonds is 3. The summed E-state index contributed by atoms with van der Waals surface area (Å²) in [6.07, 6.45) is 12.7. The summed E-state index contributed by atoms with van der Waals surface area (Å²) in [5, 5.41) is 24.2. The van der Waals surface area contributed by atoms with Gasteiger partial charge in [-0.25, -0.2) is 0 Å². The van der Waals surface area contributed by atoms with Gasteiger partial charge in [-0.3, -0.25) is 9.48 Å². The van der Waals surface area contributed by atoms with Crippen LogP contribution in [0.5, 0.6) is 0 Å². The lowest BCUT2D eigenvalue weighted by Gasteiger charge is -2.56. The largest absolute Gasteiger partial charge is 0.389 e. The minimum absolute atomic E-state index is 0.124. The van der Waals surface area contributed by atoms with Gasteiger partial charge in [-0.15, -0.1) is 0 Å². The van der Waals surface area contributed by atoms with Crippen molar-refractivity contribution in [2.75, 3.05) is 0 Å². The average molecular weight is 422 g/mol. The third-order valence-electron chi connectivity index (χ3n) is 11.0. The zero-order chi connectivity index (χ0) is 21.5. The minimum Gasteiger partial charge on any atom is -0.389 e. The van der Waals surface area contributed by atoms with Crippen molar-refractivity contribution in [3.8, 4) is 6.07 Å². The van der Waals surface area contributed by atoms with E-state index in [-0.39, 0.29) is 16.9 Å². The van der Waals surface area contributed by atoms with Crippen molar-refractivity contribution in [1.82, 2.24) is 9.78 Å². The summed E-state index contributed by atoms with van der Waals surface area (Å²) in [6, 6.07) is 2.10. The van der Waals surface area contributed by atoms with Crippen molar-refractivity contribution in [1.29, 1.82) is 5.26 Å². The van der Waals surface area contributed by atoms with Gasteiger partial charge in [0.15, 0.2) is 5.78 Å². The van der Waals surface area contributed by atoms with E-state index in [1.165, 1.54) is 38.5 Å². The average Bonchev–Trinajstić information content (AvgIpc) is 3.08. The molecule has 0 spiro atoms. The fraction of sp³-hybridized carbons (Fsp3) is 0.808. The van der Waals surface area contributed by atoms with Crippen LogP contribution in [0.2, 0.25) is 0 Å². The maximum absolute atomic E-state index is 13.3. The number of nitriles is 1. The zero-order valence-corrected chi connectivity index (χ0v) is 18.8. The second-order valence-electron chi connectivity index (χ2n) is 11.9. The molecule has 1 aromatic heterocycles. The molecule has 166 valence electrons. The van der Waals surface area contributed by atoms with Crippen LogP contribution in [0.3, 0.4) is 0 Å². The Morgan fingerprint density at radius 1 is 1.16 bits per heavy atom. The number of carbonyl (C=O) groups excluding carboxylic acids is 1. The highest BCUT2D eigenvalue weighted by Gasteiger charge is 2.69. The van der Waals surface area contributed by atoms with Crippen molar-refractivity contribution in [3.63, 3.8) is 0 Å². The van der Waals surface area contributed by atoms with Gasteiger partial charge in [0.25, 0.3) is 0 Å². The molecule has 5 aliphatic carbocycles. The molecule has 10 atom stereocenters. The van der Waals surface area contributed by atoms with E-state index in [2.05, 4.69) is 25.0 Å². The van der Waals surface area contributed by atoms with Gasteiger partial charge in [-0.2, -0.15) is 10.4 Å². The van der Waals surface area contributed by atoms with Gasteiger partial charge in [0.05, 0.1) is 23.9 Å². The Hall–Kier alpha value is -1.67. The van der Waals surface area contributed by atoms with E-state index in [1.54, 1.807) is 17.1 Å². The normalized spacial score (nSPS) is 49.9. The van der Waals surface area contributed by atoms with Crippen LogP contribution in [-0.4, -0.2) is 26.3 Å². The summed E-state index contributed by atoms with van der Waals surface area (Å²) in [7, 11) is 0. The van der Waals surface area contributed by atoms with Gasteiger partial charge in [-0.05, 0) is 98.2 Å². The van der Waals surface area contributed by atoms with E-state index >= 15 is 0 Å². The Morgan fingerprint density at radius 2 is 1.90 bits per heavy atom. The number of Topliss-reactive ketones (excluding diaryl/α,β-unsaturated/α-hetero) is 1. The molecule has 0 aliphatic heterocycles. The first kappa shape index (κ1) is 20.0. The van der Waals surface area contributed by atoms with Gasteiger partial charge in [0.1, 0.15) is 6.07 Å². The van der Waals surface area contributed by atoms with E-state index in [0.29, 0.717) is 35.6 Å². The highest BCUT2D eigenvalue weighted by Crippen LogP contribution is 2.70. The molecule has 31 heavy (non-hydrogen) atoms. The molecule has 0 aromatic carbocycles. The Morgan fingerprint density at radius 3 is 2.68 bits per heavy atom. The second-order valence-corrected chi connectivity index (χ2v) is 11.9. The third kappa shape index (κ3) is 2.70. The van der Waals surface area contributed by atoms with Gasteiger partial charge in [0.2, 0.25) is 0 Å². The van der Waals surface area contributed by atoms with Crippen LogP contribution in [0.15, 0.2) is 12.4 Å². The number of ketones is 1. The van der Waals surface area contributed by atoms with Crippen molar-refractivity contribution < 1.29 is 9.90 Å². The van der Waals surface area contributed by atoms with Crippen LogP contribution in [-0.2, 0) is 11.3 Å². The van der Waals surface area contributed by atoms with Crippen LogP contribution in [0.1, 0.15) is 70.8 Å². The fourth-order valence-electron chi connectivity index (χ4n) is 9.54. The number of hydrogen-bond donors (Lipinski definition) is 1. The molecule has 1 N–H and O–H groups in total. The molecule has 0 radical (unpaired) electrons. The molecule has 1 heterocycles. The number of hydrogen-bond acceptors (Lipinski definition) is 4. The first-order chi connectivity index (χ1) is 14.9. The summed E-state index contributed by atoms with van der Waals surface area (Å²) in [5.74, 6) is 5.31. The maximum Gasteiger partial charge on any atom is 0.157 e. The second kappa shape index (κ2) is 6.67. The van der Waals surface area contributed by atoms with Gasteiger partial charge < -0.3 is 5.11 Å². The van der Waals surface area contributed by atoms with Crippen molar-refractivity contribution >= 4 is 5.78 Å². The lowest BCUT2D eigenvalue weighted by atomic mass is 9.49. The van der Waals surface area contributed by atoms with Crippen LogP contribution >= 0.6 is 0 Å².